The van der Waals surface area contributed by atoms with E-state index in [2.05, 4.69) is 5.32 Å². The molecule has 0 saturated carbocycles. The standard InChI is InChI=1S/C14H16ClFN2O3/c1-8-10(13(19)20)4-5-18(8)14(21)17-7-9-2-3-12(16)11(15)6-9/h2-3,6,8,10H,4-5,7H2,1H3,(H,17,21)(H,19,20). The Kier molecular flexibility index (Phi) is 4.67. The molecule has 2 atom stereocenters. The number of likely N-dealkylation sites (tertiary alicyclic amines) is 1. The molecule has 0 spiro atoms. The summed E-state index contributed by atoms with van der Waals surface area (Å²) < 4.78 is 13.0. The number of rotatable bonds is 3. The molecule has 0 aliphatic carbocycles. The van der Waals surface area contributed by atoms with E-state index in [0.29, 0.717) is 18.5 Å². The van der Waals surface area contributed by atoms with E-state index < -0.39 is 17.7 Å². The largest absolute Gasteiger partial charge is 0.481 e. The molecule has 0 aromatic heterocycles. The minimum Gasteiger partial charge on any atom is -0.481 e. The molecular formula is C14H16ClFN2O3. The fourth-order valence-corrected chi connectivity index (χ4v) is 2.69. The quantitative estimate of drug-likeness (QED) is 0.900. The second-order valence-corrected chi connectivity index (χ2v) is 5.48. The predicted molar refractivity (Wildman–Crippen MR) is 75.6 cm³/mol. The first-order valence-electron chi connectivity index (χ1n) is 6.61. The lowest BCUT2D eigenvalue weighted by Crippen LogP contribution is -2.43. The van der Waals surface area contributed by atoms with Crippen molar-refractivity contribution in [1.82, 2.24) is 10.2 Å². The molecule has 7 heteroatoms. The van der Waals surface area contributed by atoms with E-state index in [1.165, 1.54) is 23.1 Å². The molecule has 114 valence electrons. The van der Waals surface area contributed by atoms with Gasteiger partial charge < -0.3 is 15.3 Å². The summed E-state index contributed by atoms with van der Waals surface area (Å²) in [5.74, 6) is -1.93. The van der Waals surface area contributed by atoms with Gasteiger partial charge in [0, 0.05) is 19.1 Å². The Morgan fingerprint density at radius 3 is 2.81 bits per heavy atom. The van der Waals surface area contributed by atoms with Crippen LogP contribution in [-0.2, 0) is 11.3 Å². The van der Waals surface area contributed by atoms with Gasteiger partial charge in [0.2, 0.25) is 0 Å². The van der Waals surface area contributed by atoms with Crippen LogP contribution in [0.5, 0.6) is 0 Å². The van der Waals surface area contributed by atoms with E-state index in [9.17, 15) is 14.0 Å². The zero-order chi connectivity index (χ0) is 15.6. The molecule has 1 aromatic carbocycles. The number of halogens is 2. The monoisotopic (exact) mass is 314 g/mol. The fraction of sp³-hybridized carbons (Fsp3) is 0.429. The number of nitrogens with one attached hydrogen (secondary N) is 1. The van der Waals surface area contributed by atoms with Gasteiger partial charge in [0.05, 0.1) is 10.9 Å². The lowest BCUT2D eigenvalue weighted by atomic mass is 10.0. The average molecular weight is 315 g/mol. The Morgan fingerprint density at radius 2 is 2.24 bits per heavy atom. The smallest absolute Gasteiger partial charge is 0.317 e. The van der Waals surface area contributed by atoms with E-state index in [-0.39, 0.29) is 23.6 Å². The van der Waals surface area contributed by atoms with Crippen molar-refractivity contribution in [3.63, 3.8) is 0 Å². The predicted octanol–water partition coefficient (Wildman–Crippen LogP) is 2.48. The van der Waals surface area contributed by atoms with Crippen molar-refractivity contribution >= 4 is 23.6 Å². The summed E-state index contributed by atoms with van der Waals surface area (Å²) in [6.07, 6.45) is 0.451. The third kappa shape index (κ3) is 3.44. The van der Waals surface area contributed by atoms with Gasteiger partial charge in [-0.2, -0.15) is 0 Å². The molecule has 0 bridgehead atoms. The van der Waals surface area contributed by atoms with Gasteiger partial charge in [-0.1, -0.05) is 17.7 Å². The number of aliphatic carboxylic acids is 1. The molecule has 5 nitrogen and oxygen atoms in total. The number of carbonyl (C=O) groups excluding carboxylic acids is 1. The van der Waals surface area contributed by atoms with Gasteiger partial charge in [0.15, 0.2) is 0 Å². The normalized spacial score (nSPS) is 21.4. The van der Waals surface area contributed by atoms with Crippen LogP contribution in [0.4, 0.5) is 9.18 Å². The van der Waals surface area contributed by atoms with Crippen molar-refractivity contribution < 1.29 is 19.1 Å². The highest BCUT2D eigenvalue weighted by atomic mass is 35.5. The van der Waals surface area contributed by atoms with Gasteiger partial charge in [-0.05, 0) is 31.0 Å². The molecule has 0 radical (unpaired) electrons. The third-order valence-corrected chi connectivity index (χ3v) is 4.05. The minimum atomic E-state index is -0.886. The molecule has 1 aliphatic rings. The van der Waals surface area contributed by atoms with E-state index in [0.717, 1.165) is 0 Å². The second kappa shape index (κ2) is 6.30. The zero-order valence-corrected chi connectivity index (χ0v) is 12.2. The summed E-state index contributed by atoms with van der Waals surface area (Å²) >= 11 is 5.67. The van der Waals surface area contributed by atoms with Gasteiger partial charge in [-0.3, -0.25) is 4.79 Å². The van der Waals surface area contributed by atoms with Crippen LogP contribution < -0.4 is 5.32 Å². The Balaban J connectivity index is 1.93. The molecular weight excluding hydrogens is 299 g/mol. The fourth-order valence-electron chi connectivity index (χ4n) is 2.49. The van der Waals surface area contributed by atoms with Crippen LogP contribution in [0.15, 0.2) is 18.2 Å². The van der Waals surface area contributed by atoms with Gasteiger partial charge >= 0.3 is 12.0 Å². The van der Waals surface area contributed by atoms with Crippen LogP contribution in [-0.4, -0.2) is 34.6 Å². The number of carboxylic acid groups (broad SMARTS) is 1. The summed E-state index contributed by atoms with van der Waals surface area (Å²) in [6.45, 7) is 2.34. The van der Waals surface area contributed by atoms with Gasteiger partial charge in [-0.25, -0.2) is 9.18 Å². The molecule has 2 unspecified atom stereocenters. The number of urea groups is 1. The Labute approximate surface area is 126 Å². The number of hydrogen-bond donors (Lipinski definition) is 2. The molecule has 1 aliphatic heterocycles. The summed E-state index contributed by atoms with van der Waals surface area (Å²) in [7, 11) is 0. The Hall–Kier alpha value is -1.82. The van der Waals surface area contributed by atoms with Crippen molar-refractivity contribution in [2.75, 3.05) is 6.54 Å². The van der Waals surface area contributed by atoms with Crippen molar-refractivity contribution in [2.24, 2.45) is 5.92 Å². The number of nitrogens with zero attached hydrogens (tertiary/aromatic N) is 1. The van der Waals surface area contributed by atoms with Crippen LogP contribution >= 0.6 is 11.6 Å². The molecule has 2 rings (SSSR count). The first-order valence-corrected chi connectivity index (χ1v) is 6.99. The maximum absolute atomic E-state index is 13.0. The van der Waals surface area contributed by atoms with Crippen LogP contribution in [0, 0.1) is 11.7 Å². The van der Waals surface area contributed by atoms with Crippen molar-refractivity contribution in [3.05, 3.63) is 34.6 Å². The number of amides is 2. The average Bonchev–Trinajstić information content (AvgIpc) is 2.82. The van der Waals surface area contributed by atoms with Crippen LogP contribution in [0.2, 0.25) is 5.02 Å². The number of carbonyl (C=O) groups is 2. The van der Waals surface area contributed by atoms with E-state index in [1.54, 1.807) is 6.92 Å². The van der Waals surface area contributed by atoms with Gasteiger partial charge in [0.1, 0.15) is 5.82 Å². The molecule has 1 saturated heterocycles. The highest BCUT2D eigenvalue weighted by molar-refractivity contribution is 6.30. The molecule has 1 heterocycles. The number of carboxylic acids is 1. The second-order valence-electron chi connectivity index (χ2n) is 5.07. The minimum absolute atomic E-state index is 0.00207. The molecule has 2 N–H and O–H groups in total. The van der Waals surface area contributed by atoms with Gasteiger partial charge in [-0.15, -0.1) is 0 Å². The van der Waals surface area contributed by atoms with Crippen molar-refractivity contribution in [3.8, 4) is 0 Å². The molecule has 1 aromatic rings. The summed E-state index contributed by atoms with van der Waals surface area (Å²) in [5.41, 5.74) is 0.677. The van der Waals surface area contributed by atoms with Crippen LogP contribution in [0.1, 0.15) is 18.9 Å². The Bertz CT molecular complexity index is 567. The van der Waals surface area contributed by atoms with Crippen molar-refractivity contribution in [2.45, 2.75) is 25.9 Å². The highest BCUT2D eigenvalue weighted by Gasteiger charge is 2.37. The lowest BCUT2D eigenvalue weighted by molar-refractivity contribution is -0.142. The third-order valence-electron chi connectivity index (χ3n) is 3.76. The SMILES string of the molecule is CC1C(C(=O)O)CCN1C(=O)NCc1ccc(F)c(Cl)c1. The number of hydrogen-bond acceptors (Lipinski definition) is 2. The summed E-state index contributed by atoms with van der Waals surface area (Å²) in [5, 5.41) is 11.7. The van der Waals surface area contributed by atoms with E-state index in [4.69, 9.17) is 16.7 Å². The molecule has 1 fully saturated rings. The molecule has 21 heavy (non-hydrogen) atoms. The van der Waals surface area contributed by atoms with Crippen LogP contribution in [0.3, 0.4) is 0 Å². The Morgan fingerprint density at radius 1 is 1.52 bits per heavy atom. The van der Waals surface area contributed by atoms with Crippen LogP contribution in [0.25, 0.3) is 0 Å². The summed E-state index contributed by atoms with van der Waals surface area (Å²) in [6, 6.07) is 3.55. The van der Waals surface area contributed by atoms with E-state index in [1.807, 2.05) is 0 Å². The van der Waals surface area contributed by atoms with Crippen molar-refractivity contribution in [1.29, 1.82) is 0 Å². The number of benzene rings is 1. The zero-order valence-electron chi connectivity index (χ0n) is 11.5. The van der Waals surface area contributed by atoms with E-state index >= 15 is 0 Å². The van der Waals surface area contributed by atoms with Gasteiger partial charge in [0.25, 0.3) is 0 Å². The topological polar surface area (TPSA) is 69.6 Å². The maximum Gasteiger partial charge on any atom is 0.317 e. The summed E-state index contributed by atoms with van der Waals surface area (Å²) in [4.78, 5) is 24.6. The maximum atomic E-state index is 13.0. The lowest BCUT2D eigenvalue weighted by Gasteiger charge is -2.23. The first-order chi connectivity index (χ1) is 9.90. The highest BCUT2D eigenvalue weighted by Crippen LogP contribution is 2.24. The first kappa shape index (κ1) is 15.6. The molecule has 2 amide bonds.